The molecule has 22 heavy (non-hydrogen) atoms. The SMILES string of the molecule is CCC(Br)C(=O)N1CCN(c2nnc(-c3cccs3)s2)CC1. The van der Waals surface area contributed by atoms with E-state index < -0.39 is 0 Å². The number of carbonyl (C=O) groups is 1. The molecule has 3 heterocycles. The Bertz CT molecular complexity index is 623. The summed E-state index contributed by atoms with van der Waals surface area (Å²) in [4.78, 5) is 17.4. The van der Waals surface area contributed by atoms with Crippen LogP contribution < -0.4 is 4.90 Å². The molecule has 0 radical (unpaired) electrons. The van der Waals surface area contributed by atoms with Crippen molar-refractivity contribution in [3.8, 4) is 9.88 Å². The minimum atomic E-state index is -0.0639. The highest BCUT2D eigenvalue weighted by atomic mass is 79.9. The number of nitrogens with zero attached hydrogens (tertiary/aromatic N) is 4. The number of aromatic nitrogens is 2. The first-order chi connectivity index (χ1) is 10.7. The summed E-state index contributed by atoms with van der Waals surface area (Å²) in [6.45, 7) is 5.13. The fourth-order valence-electron chi connectivity index (χ4n) is 2.33. The van der Waals surface area contributed by atoms with E-state index in [-0.39, 0.29) is 10.7 Å². The van der Waals surface area contributed by atoms with Crippen LogP contribution in [0.4, 0.5) is 5.13 Å². The molecule has 0 spiro atoms. The standard InChI is InChI=1S/C14H17BrN4OS2/c1-2-10(15)13(20)18-5-7-19(8-6-18)14-17-16-12(22-14)11-4-3-9-21-11/h3-4,9-10H,2,5-8H2,1H3. The van der Waals surface area contributed by atoms with E-state index >= 15 is 0 Å². The summed E-state index contributed by atoms with van der Waals surface area (Å²) in [7, 11) is 0. The van der Waals surface area contributed by atoms with Gasteiger partial charge >= 0.3 is 0 Å². The van der Waals surface area contributed by atoms with E-state index in [9.17, 15) is 4.79 Å². The van der Waals surface area contributed by atoms with Crippen molar-refractivity contribution in [1.82, 2.24) is 15.1 Å². The maximum Gasteiger partial charge on any atom is 0.236 e. The Morgan fingerprint density at radius 1 is 1.36 bits per heavy atom. The molecule has 1 fully saturated rings. The summed E-state index contributed by atoms with van der Waals surface area (Å²) < 4.78 is 0. The average molecular weight is 401 g/mol. The number of anilines is 1. The van der Waals surface area contributed by atoms with Crippen LogP contribution in [-0.4, -0.2) is 52.0 Å². The molecule has 2 aromatic heterocycles. The van der Waals surface area contributed by atoms with E-state index in [1.165, 1.54) is 0 Å². The van der Waals surface area contributed by atoms with Crippen LogP contribution in [-0.2, 0) is 4.79 Å². The highest BCUT2D eigenvalue weighted by Crippen LogP contribution is 2.31. The van der Waals surface area contributed by atoms with E-state index in [0.29, 0.717) is 0 Å². The zero-order chi connectivity index (χ0) is 15.5. The van der Waals surface area contributed by atoms with Gasteiger partial charge < -0.3 is 9.80 Å². The van der Waals surface area contributed by atoms with Gasteiger partial charge in [0, 0.05) is 26.2 Å². The zero-order valence-corrected chi connectivity index (χ0v) is 15.5. The highest BCUT2D eigenvalue weighted by Gasteiger charge is 2.26. The molecule has 118 valence electrons. The van der Waals surface area contributed by atoms with E-state index in [0.717, 1.165) is 47.6 Å². The second-order valence-corrected chi connectivity index (χ2v) is 8.06. The normalized spacial score (nSPS) is 16.8. The molecule has 1 aliphatic rings. The van der Waals surface area contributed by atoms with E-state index in [1.807, 2.05) is 23.3 Å². The van der Waals surface area contributed by atoms with Crippen LogP contribution in [0.25, 0.3) is 9.88 Å². The molecular formula is C14H17BrN4OS2. The van der Waals surface area contributed by atoms with Gasteiger partial charge in [-0.05, 0) is 17.9 Å². The first-order valence-electron chi connectivity index (χ1n) is 7.24. The lowest BCUT2D eigenvalue weighted by molar-refractivity contribution is -0.130. The van der Waals surface area contributed by atoms with Gasteiger partial charge in [0.05, 0.1) is 9.70 Å². The molecule has 1 atom stereocenters. The average Bonchev–Trinajstić information content (AvgIpc) is 3.24. The molecule has 1 amide bonds. The molecule has 1 unspecified atom stereocenters. The first-order valence-corrected chi connectivity index (χ1v) is 9.85. The third kappa shape index (κ3) is 3.33. The molecule has 1 saturated heterocycles. The van der Waals surface area contributed by atoms with Gasteiger partial charge in [0.1, 0.15) is 0 Å². The molecule has 5 nitrogen and oxygen atoms in total. The van der Waals surface area contributed by atoms with Crippen LogP contribution in [0.3, 0.4) is 0 Å². The van der Waals surface area contributed by atoms with Crippen LogP contribution in [0.1, 0.15) is 13.3 Å². The lowest BCUT2D eigenvalue weighted by Gasteiger charge is -2.35. The van der Waals surface area contributed by atoms with Crippen molar-refractivity contribution >= 4 is 49.6 Å². The molecule has 1 aliphatic heterocycles. The van der Waals surface area contributed by atoms with Gasteiger partial charge in [0.15, 0.2) is 5.01 Å². The molecule has 0 bridgehead atoms. The number of piperazine rings is 1. The van der Waals surface area contributed by atoms with Crippen LogP contribution in [0.5, 0.6) is 0 Å². The molecule has 3 rings (SSSR count). The van der Waals surface area contributed by atoms with Crippen molar-refractivity contribution in [1.29, 1.82) is 0 Å². The smallest absolute Gasteiger partial charge is 0.236 e. The Labute approximate surface area is 146 Å². The van der Waals surface area contributed by atoms with Crippen molar-refractivity contribution < 1.29 is 4.79 Å². The van der Waals surface area contributed by atoms with Crippen molar-refractivity contribution in [2.24, 2.45) is 0 Å². The third-order valence-electron chi connectivity index (χ3n) is 3.63. The van der Waals surface area contributed by atoms with Gasteiger partial charge in [0.2, 0.25) is 11.0 Å². The monoisotopic (exact) mass is 400 g/mol. The maximum absolute atomic E-state index is 12.2. The van der Waals surface area contributed by atoms with Crippen molar-refractivity contribution in [3.63, 3.8) is 0 Å². The molecule has 0 N–H and O–H groups in total. The summed E-state index contributed by atoms with van der Waals surface area (Å²) in [5.74, 6) is 0.193. The second kappa shape index (κ2) is 7.06. The van der Waals surface area contributed by atoms with E-state index in [1.54, 1.807) is 22.7 Å². The Balaban J connectivity index is 1.61. The predicted molar refractivity (Wildman–Crippen MR) is 95.0 cm³/mol. The predicted octanol–water partition coefficient (Wildman–Crippen LogP) is 3.09. The van der Waals surface area contributed by atoms with Crippen LogP contribution in [0, 0.1) is 0 Å². The number of amides is 1. The summed E-state index contributed by atoms with van der Waals surface area (Å²) in [6.07, 6.45) is 0.819. The van der Waals surface area contributed by atoms with Gasteiger partial charge in [-0.1, -0.05) is 40.3 Å². The largest absolute Gasteiger partial charge is 0.343 e. The van der Waals surface area contributed by atoms with Crippen molar-refractivity contribution in [3.05, 3.63) is 17.5 Å². The van der Waals surface area contributed by atoms with Crippen LogP contribution >= 0.6 is 38.6 Å². The number of hydrogen-bond acceptors (Lipinski definition) is 6. The quantitative estimate of drug-likeness (QED) is 0.739. The maximum atomic E-state index is 12.2. The second-order valence-electron chi connectivity index (χ2n) is 5.06. The molecule has 0 aromatic carbocycles. The number of hydrogen-bond donors (Lipinski definition) is 0. The summed E-state index contributed by atoms with van der Waals surface area (Å²) in [5.41, 5.74) is 0. The molecule has 0 saturated carbocycles. The van der Waals surface area contributed by atoms with Gasteiger partial charge in [-0.25, -0.2) is 0 Å². The fraction of sp³-hybridized carbons (Fsp3) is 0.500. The van der Waals surface area contributed by atoms with Crippen molar-refractivity contribution in [2.75, 3.05) is 31.1 Å². The Hall–Kier alpha value is -0.990. The van der Waals surface area contributed by atoms with Crippen LogP contribution in [0.2, 0.25) is 0 Å². The van der Waals surface area contributed by atoms with Gasteiger partial charge in [-0.3, -0.25) is 4.79 Å². The summed E-state index contributed by atoms with van der Waals surface area (Å²) >= 11 is 6.74. The Morgan fingerprint density at radius 3 is 2.77 bits per heavy atom. The number of halogens is 1. The minimum Gasteiger partial charge on any atom is -0.343 e. The van der Waals surface area contributed by atoms with E-state index in [4.69, 9.17) is 0 Å². The van der Waals surface area contributed by atoms with Crippen LogP contribution in [0.15, 0.2) is 17.5 Å². The Morgan fingerprint density at radius 2 is 2.14 bits per heavy atom. The number of rotatable bonds is 4. The Kier molecular flexibility index (Phi) is 5.10. The topological polar surface area (TPSA) is 49.3 Å². The summed E-state index contributed by atoms with van der Waals surface area (Å²) in [5, 5.41) is 12.5. The fourth-order valence-corrected chi connectivity index (χ4v) is 4.31. The highest BCUT2D eigenvalue weighted by molar-refractivity contribution is 9.10. The van der Waals surface area contributed by atoms with Gasteiger partial charge in [-0.2, -0.15) is 0 Å². The molecule has 8 heteroatoms. The zero-order valence-electron chi connectivity index (χ0n) is 12.2. The summed E-state index contributed by atoms with van der Waals surface area (Å²) in [6, 6.07) is 4.09. The molecule has 2 aromatic rings. The molecular weight excluding hydrogens is 384 g/mol. The lowest BCUT2D eigenvalue weighted by atomic mass is 10.2. The van der Waals surface area contributed by atoms with Gasteiger partial charge in [0.25, 0.3) is 0 Å². The first kappa shape index (κ1) is 15.9. The third-order valence-corrected chi connectivity index (χ3v) is 6.70. The number of alkyl halides is 1. The molecule has 0 aliphatic carbocycles. The van der Waals surface area contributed by atoms with E-state index in [2.05, 4.69) is 37.1 Å². The van der Waals surface area contributed by atoms with Crippen molar-refractivity contribution in [2.45, 2.75) is 18.2 Å². The lowest BCUT2D eigenvalue weighted by Crippen LogP contribution is -2.50. The minimum absolute atomic E-state index is 0.0639. The van der Waals surface area contributed by atoms with Gasteiger partial charge in [-0.15, -0.1) is 21.5 Å². The number of thiophene rings is 1. The number of carbonyl (C=O) groups excluding carboxylic acids is 1.